The van der Waals surface area contributed by atoms with Crippen LogP contribution in [0.4, 0.5) is 0 Å². The Morgan fingerprint density at radius 2 is 2.38 bits per heavy atom. The van der Waals surface area contributed by atoms with Crippen LogP contribution < -0.4 is 5.32 Å². The lowest BCUT2D eigenvalue weighted by Crippen LogP contribution is -2.13. The molecule has 0 amide bonds. The fourth-order valence-electron chi connectivity index (χ4n) is 1.47. The number of halogens is 1. The van der Waals surface area contributed by atoms with Crippen LogP contribution in [0.15, 0.2) is 24.3 Å². The fourth-order valence-corrected chi connectivity index (χ4v) is 2.82. The van der Waals surface area contributed by atoms with Gasteiger partial charge < -0.3 is 5.32 Å². The Morgan fingerprint density at radius 3 is 3.00 bits per heavy atom. The van der Waals surface area contributed by atoms with Gasteiger partial charge in [0.2, 0.25) is 0 Å². The molecule has 0 bridgehead atoms. The second-order valence-electron chi connectivity index (χ2n) is 3.29. The second kappa shape index (κ2) is 3.91. The van der Waals surface area contributed by atoms with Crippen LogP contribution in [0.1, 0.15) is 17.9 Å². The van der Waals surface area contributed by atoms with Gasteiger partial charge in [-0.3, -0.25) is 0 Å². The van der Waals surface area contributed by atoms with Crippen molar-refractivity contribution < 1.29 is 0 Å². The maximum Gasteiger partial charge on any atom is 0.0793 e. The molecule has 1 aromatic rings. The number of hydrogen-bond donors (Lipinski definition) is 1. The molecule has 3 heteroatoms. The van der Waals surface area contributed by atoms with E-state index in [1.54, 1.807) is 0 Å². The molecule has 0 spiro atoms. The number of rotatable bonds is 1. The zero-order valence-corrected chi connectivity index (χ0v) is 9.03. The smallest absolute Gasteiger partial charge is 0.0793 e. The minimum atomic E-state index is 0.425. The molecule has 2 atom stereocenters. The number of benzene rings is 1. The highest BCUT2D eigenvalue weighted by molar-refractivity contribution is 8.00. The third-order valence-electron chi connectivity index (χ3n) is 2.11. The summed E-state index contributed by atoms with van der Waals surface area (Å²) in [4.78, 5) is 0. The average molecular weight is 214 g/mol. The summed E-state index contributed by atoms with van der Waals surface area (Å²) in [7, 11) is 0. The SMILES string of the molecule is CC1CNC(c2cccc(Cl)c2)S1. The molecular formula is C10H12ClNS. The molecule has 2 rings (SSSR count). The van der Waals surface area contributed by atoms with E-state index >= 15 is 0 Å². The van der Waals surface area contributed by atoms with Crippen molar-refractivity contribution in [3.63, 3.8) is 0 Å². The third-order valence-corrected chi connectivity index (χ3v) is 3.69. The molecule has 1 N–H and O–H groups in total. The summed E-state index contributed by atoms with van der Waals surface area (Å²) in [5, 5.41) is 5.40. The first-order valence-corrected chi connectivity index (χ1v) is 5.72. The molecule has 70 valence electrons. The van der Waals surface area contributed by atoms with E-state index in [4.69, 9.17) is 11.6 Å². The second-order valence-corrected chi connectivity index (χ2v) is 5.27. The van der Waals surface area contributed by atoms with Crippen molar-refractivity contribution in [2.75, 3.05) is 6.54 Å². The van der Waals surface area contributed by atoms with Crippen LogP contribution in [0.2, 0.25) is 5.02 Å². The van der Waals surface area contributed by atoms with E-state index in [1.807, 2.05) is 30.0 Å². The Bertz CT molecular complexity index is 303. The van der Waals surface area contributed by atoms with Crippen molar-refractivity contribution in [2.24, 2.45) is 0 Å². The molecular weight excluding hydrogens is 202 g/mol. The first-order chi connectivity index (χ1) is 6.25. The number of thioether (sulfide) groups is 1. The van der Waals surface area contributed by atoms with Crippen LogP contribution in [-0.4, -0.2) is 11.8 Å². The van der Waals surface area contributed by atoms with E-state index in [-0.39, 0.29) is 0 Å². The topological polar surface area (TPSA) is 12.0 Å². The minimum Gasteiger partial charge on any atom is -0.301 e. The van der Waals surface area contributed by atoms with Gasteiger partial charge in [-0.25, -0.2) is 0 Å². The predicted octanol–water partition coefficient (Wildman–Crippen LogP) is 3.06. The van der Waals surface area contributed by atoms with Crippen molar-refractivity contribution in [1.82, 2.24) is 5.32 Å². The van der Waals surface area contributed by atoms with E-state index in [0.29, 0.717) is 10.6 Å². The Morgan fingerprint density at radius 1 is 1.54 bits per heavy atom. The summed E-state index contributed by atoms with van der Waals surface area (Å²) in [6.45, 7) is 3.32. The lowest BCUT2D eigenvalue weighted by molar-refractivity contribution is 0.718. The lowest BCUT2D eigenvalue weighted by Gasteiger charge is -2.09. The average Bonchev–Trinajstić information content (AvgIpc) is 2.52. The molecule has 1 nitrogen and oxygen atoms in total. The largest absolute Gasteiger partial charge is 0.301 e. The van der Waals surface area contributed by atoms with Crippen LogP contribution in [0, 0.1) is 0 Å². The molecule has 0 aromatic heterocycles. The number of nitrogens with one attached hydrogen (secondary N) is 1. The molecule has 0 aliphatic carbocycles. The van der Waals surface area contributed by atoms with Gasteiger partial charge in [0.1, 0.15) is 0 Å². The summed E-state index contributed by atoms with van der Waals surface area (Å²) < 4.78 is 0. The van der Waals surface area contributed by atoms with Gasteiger partial charge in [0.05, 0.1) is 5.37 Å². The quantitative estimate of drug-likeness (QED) is 0.770. The van der Waals surface area contributed by atoms with E-state index in [9.17, 15) is 0 Å². The summed E-state index contributed by atoms with van der Waals surface area (Å²) in [6.07, 6.45) is 0. The highest BCUT2D eigenvalue weighted by Gasteiger charge is 2.22. The predicted molar refractivity (Wildman–Crippen MR) is 59.2 cm³/mol. The van der Waals surface area contributed by atoms with E-state index in [1.165, 1.54) is 5.56 Å². The van der Waals surface area contributed by atoms with Crippen molar-refractivity contribution >= 4 is 23.4 Å². The van der Waals surface area contributed by atoms with Crippen LogP contribution >= 0.6 is 23.4 Å². The Hall–Kier alpha value is -0.180. The molecule has 0 saturated carbocycles. The Labute approximate surface area is 87.9 Å². The van der Waals surface area contributed by atoms with Crippen LogP contribution in [0.5, 0.6) is 0 Å². The van der Waals surface area contributed by atoms with E-state index in [2.05, 4.69) is 18.3 Å². The van der Waals surface area contributed by atoms with Gasteiger partial charge in [-0.05, 0) is 17.7 Å². The normalized spacial score (nSPS) is 27.8. The maximum atomic E-state index is 5.92. The minimum absolute atomic E-state index is 0.425. The van der Waals surface area contributed by atoms with Gasteiger partial charge in [-0.15, -0.1) is 11.8 Å². The van der Waals surface area contributed by atoms with E-state index < -0.39 is 0 Å². The molecule has 1 saturated heterocycles. The zero-order valence-electron chi connectivity index (χ0n) is 7.46. The van der Waals surface area contributed by atoms with Crippen molar-refractivity contribution in [3.05, 3.63) is 34.9 Å². The zero-order chi connectivity index (χ0) is 9.26. The molecule has 1 heterocycles. The van der Waals surface area contributed by atoms with Crippen LogP contribution in [-0.2, 0) is 0 Å². The highest BCUT2D eigenvalue weighted by atomic mass is 35.5. The molecule has 0 radical (unpaired) electrons. The third kappa shape index (κ3) is 2.19. The summed E-state index contributed by atoms with van der Waals surface area (Å²) in [5.41, 5.74) is 1.28. The molecule has 1 aromatic carbocycles. The summed E-state index contributed by atoms with van der Waals surface area (Å²) >= 11 is 7.88. The van der Waals surface area contributed by atoms with Gasteiger partial charge in [0.15, 0.2) is 0 Å². The molecule has 13 heavy (non-hydrogen) atoms. The maximum absolute atomic E-state index is 5.92. The molecule has 1 fully saturated rings. The Kier molecular flexibility index (Phi) is 2.82. The number of hydrogen-bond acceptors (Lipinski definition) is 2. The van der Waals surface area contributed by atoms with Gasteiger partial charge >= 0.3 is 0 Å². The van der Waals surface area contributed by atoms with Crippen LogP contribution in [0.3, 0.4) is 0 Å². The van der Waals surface area contributed by atoms with Gasteiger partial charge in [-0.1, -0.05) is 30.7 Å². The van der Waals surface area contributed by atoms with Crippen molar-refractivity contribution in [1.29, 1.82) is 0 Å². The van der Waals surface area contributed by atoms with Crippen molar-refractivity contribution in [2.45, 2.75) is 17.5 Å². The first kappa shape index (κ1) is 9.38. The lowest BCUT2D eigenvalue weighted by atomic mass is 10.2. The monoisotopic (exact) mass is 213 g/mol. The summed E-state index contributed by atoms with van der Waals surface area (Å²) in [5.74, 6) is 0. The Balaban J connectivity index is 2.16. The highest BCUT2D eigenvalue weighted by Crippen LogP contribution is 2.35. The van der Waals surface area contributed by atoms with Gasteiger partial charge in [0, 0.05) is 16.8 Å². The molecule has 1 aliphatic heterocycles. The van der Waals surface area contributed by atoms with Crippen LogP contribution in [0.25, 0.3) is 0 Å². The van der Waals surface area contributed by atoms with Gasteiger partial charge in [0.25, 0.3) is 0 Å². The van der Waals surface area contributed by atoms with E-state index in [0.717, 1.165) is 11.6 Å². The van der Waals surface area contributed by atoms with Crippen molar-refractivity contribution in [3.8, 4) is 0 Å². The summed E-state index contributed by atoms with van der Waals surface area (Å²) in [6, 6.07) is 8.07. The molecule has 2 unspecified atom stereocenters. The molecule has 1 aliphatic rings. The standard InChI is InChI=1S/C10H12ClNS/c1-7-6-12-10(13-7)8-3-2-4-9(11)5-8/h2-5,7,10,12H,6H2,1H3. The fraction of sp³-hybridized carbons (Fsp3) is 0.400. The van der Waals surface area contributed by atoms with Gasteiger partial charge in [-0.2, -0.15) is 0 Å². The first-order valence-electron chi connectivity index (χ1n) is 4.40.